The molecule has 1 aromatic carbocycles. The van der Waals surface area contributed by atoms with Gasteiger partial charge in [-0.25, -0.2) is 0 Å². The monoisotopic (exact) mass is 225 g/mol. The summed E-state index contributed by atoms with van der Waals surface area (Å²) < 4.78 is 1.08. The van der Waals surface area contributed by atoms with Gasteiger partial charge in [0.1, 0.15) is 0 Å². The molecule has 62 valence electrons. The van der Waals surface area contributed by atoms with E-state index in [1.165, 1.54) is 0 Å². The number of hydrogen-bond donors (Lipinski definition) is 1. The number of hydrogen-bond acceptors (Lipinski definition) is 2. The summed E-state index contributed by atoms with van der Waals surface area (Å²) in [5, 5.41) is 0. The highest BCUT2D eigenvalue weighted by molar-refractivity contribution is 9.10. The SMILES string of the molecule is Brc1cccc(C2=CCON2)c1. The first-order valence-corrected chi connectivity index (χ1v) is 4.49. The second kappa shape index (κ2) is 3.29. The Labute approximate surface area is 79.3 Å². The third kappa shape index (κ3) is 1.52. The molecule has 0 saturated carbocycles. The molecule has 0 amide bonds. The lowest BCUT2D eigenvalue weighted by atomic mass is 10.2. The van der Waals surface area contributed by atoms with Gasteiger partial charge in [-0.2, -0.15) is 0 Å². The van der Waals surface area contributed by atoms with Crippen molar-refractivity contribution in [1.82, 2.24) is 5.48 Å². The lowest BCUT2D eigenvalue weighted by molar-refractivity contribution is 0.121. The van der Waals surface area contributed by atoms with Crippen molar-refractivity contribution < 1.29 is 4.84 Å². The van der Waals surface area contributed by atoms with E-state index in [1.807, 2.05) is 30.3 Å². The minimum Gasteiger partial charge on any atom is -0.272 e. The van der Waals surface area contributed by atoms with Crippen LogP contribution in [0.3, 0.4) is 0 Å². The predicted octanol–water partition coefficient (Wildman–Crippen LogP) is 2.32. The van der Waals surface area contributed by atoms with Crippen molar-refractivity contribution in [2.24, 2.45) is 0 Å². The molecular formula is C9H8BrNO. The fourth-order valence-electron chi connectivity index (χ4n) is 1.12. The largest absolute Gasteiger partial charge is 0.272 e. The summed E-state index contributed by atoms with van der Waals surface area (Å²) in [5.74, 6) is 0. The Morgan fingerprint density at radius 3 is 3.00 bits per heavy atom. The van der Waals surface area contributed by atoms with Gasteiger partial charge in [0.15, 0.2) is 0 Å². The van der Waals surface area contributed by atoms with Crippen LogP contribution >= 0.6 is 15.9 Å². The summed E-state index contributed by atoms with van der Waals surface area (Å²) in [6.45, 7) is 0.641. The van der Waals surface area contributed by atoms with E-state index in [2.05, 4.69) is 21.4 Å². The zero-order chi connectivity index (χ0) is 8.39. The third-order valence-corrected chi connectivity index (χ3v) is 2.18. The fraction of sp³-hybridized carbons (Fsp3) is 0.111. The second-order valence-electron chi connectivity index (χ2n) is 2.54. The lowest BCUT2D eigenvalue weighted by Gasteiger charge is -2.02. The molecule has 0 saturated heterocycles. The molecule has 0 atom stereocenters. The standard InChI is InChI=1S/C9H8BrNO/c10-8-3-1-2-7(6-8)9-4-5-12-11-9/h1-4,6,11H,5H2. The molecule has 0 radical (unpaired) electrons. The Bertz CT molecular complexity index is 322. The molecule has 2 nitrogen and oxygen atoms in total. The highest BCUT2D eigenvalue weighted by Gasteiger charge is 2.05. The van der Waals surface area contributed by atoms with E-state index in [0.717, 1.165) is 15.7 Å². The maximum atomic E-state index is 4.99. The molecule has 0 unspecified atom stereocenters. The van der Waals surface area contributed by atoms with Crippen LogP contribution in [0.4, 0.5) is 0 Å². The van der Waals surface area contributed by atoms with Crippen LogP contribution in [0.15, 0.2) is 34.8 Å². The molecule has 0 spiro atoms. The first kappa shape index (κ1) is 7.83. The van der Waals surface area contributed by atoms with Crippen molar-refractivity contribution in [2.45, 2.75) is 0 Å². The van der Waals surface area contributed by atoms with Gasteiger partial charge in [-0.1, -0.05) is 28.1 Å². The van der Waals surface area contributed by atoms with Crippen LogP contribution in [0.1, 0.15) is 5.56 Å². The normalized spacial score (nSPS) is 15.6. The van der Waals surface area contributed by atoms with E-state index in [0.29, 0.717) is 6.61 Å². The van der Waals surface area contributed by atoms with Crippen LogP contribution in [0, 0.1) is 0 Å². The zero-order valence-electron chi connectivity index (χ0n) is 6.38. The van der Waals surface area contributed by atoms with E-state index in [1.54, 1.807) is 0 Å². The molecule has 1 aliphatic heterocycles. The van der Waals surface area contributed by atoms with Crippen molar-refractivity contribution in [3.8, 4) is 0 Å². The molecule has 0 fully saturated rings. The minimum absolute atomic E-state index is 0.641. The molecule has 1 heterocycles. The average molecular weight is 226 g/mol. The maximum absolute atomic E-state index is 4.99. The lowest BCUT2D eigenvalue weighted by Crippen LogP contribution is -2.04. The van der Waals surface area contributed by atoms with Crippen LogP contribution < -0.4 is 5.48 Å². The number of benzene rings is 1. The number of rotatable bonds is 1. The quantitative estimate of drug-likeness (QED) is 0.793. The Morgan fingerprint density at radius 1 is 1.42 bits per heavy atom. The summed E-state index contributed by atoms with van der Waals surface area (Å²) >= 11 is 3.41. The maximum Gasteiger partial charge on any atom is 0.0951 e. The number of hydroxylamine groups is 1. The molecule has 0 aliphatic carbocycles. The van der Waals surface area contributed by atoms with Gasteiger partial charge in [0, 0.05) is 10.0 Å². The van der Waals surface area contributed by atoms with E-state index in [4.69, 9.17) is 4.84 Å². The Hall–Kier alpha value is -0.800. The molecule has 1 aromatic rings. The van der Waals surface area contributed by atoms with E-state index in [-0.39, 0.29) is 0 Å². The summed E-state index contributed by atoms with van der Waals surface area (Å²) in [6, 6.07) is 8.09. The van der Waals surface area contributed by atoms with E-state index >= 15 is 0 Å². The first-order valence-electron chi connectivity index (χ1n) is 3.70. The fourth-order valence-corrected chi connectivity index (χ4v) is 1.52. The summed E-state index contributed by atoms with van der Waals surface area (Å²) in [5.41, 5.74) is 5.02. The van der Waals surface area contributed by atoms with Crippen molar-refractivity contribution in [3.05, 3.63) is 40.4 Å². The molecule has 0 aromatic heterocycles. The van der Waals surface area contributed by atoms with Gasteiger partial charge in [-0.15, -0.1) is 0 Å². The van der Waals surface area contributed by atoms with Gasteiger partial charge in [0.05, 0.1) is 12.3 Å². The van der Waals surface area contributed by atoms with E-state index in [9.17, 15) is 0 Å². The number of nitrogens with one attached hydrogen (secondary N) is 1. The Kier molecular flexibility index (Phi) is 2.15. The average Bonchev–Trinajstić information content (AvgIpc) is 2.56. The third-order valence-electron chi connectivity index (χ3n) is 1.69. The minimum atomic E-state index is 0.641. The van der Waals surface area contributed by atoms with Crippen molar-refractivity contribution in [3.63, 3.8) is 0 Å². The molecule has 12 heavy (non-hydrogen) atoms. The Morgan fingerprint density at radius 2 is 2.33 bits per heavy atom. The predicted molar refractivity (Wildman–Crippen MR) is 51.2 cm³/mol. The van der Waals surface area contributed by atoms with Crippen LogP contribution in [0.25, 0.3) is 5.70 Å². The summed E-state index contributed by atoms with van der Waals surface area (Å²) in [7, 11) is 0. The number of halogens is 1. The first-order chi connectivity index (χ1) is 5.86. The molecular weight excluding hydrogens is 218 g/mol. The molecule has 2 rings (SSSR count). The van der Waals surface area contributed by atoms with Gasteiger partial charge >= 0.3 is 0 Å². The van der Waals surface area contributed by atoms with Gasteiger partial charge < -0.3 is 0 Å². The van der Waals surface area contributed by atoms with Gasteiger partial charge in [-0.05, 0) is 18.2 Å². The Balaban J connectivity index is 2.33. The zero-order valence-corrected chi connectivity index (χ0v) is 7.97. The molecule has 1 N–H and O–H groups in total. The van der Waals surface area contributed by atoms with Gasteiger partial charge in [-0.3, -0.25) is 10.3 Å². The highest BCUT2D eigenvalue weighted by Crippen LogP contribution is 2.18. The highest BCUT2D eigenvalue weighted by atomic mass is 79.9. The van der Waals surface area contributed by atoms with Crippen LogP contribution in [0.5, 0.6) is 0 Å². The van der Waals surface area contributed by atoms with Crippen molar-refractivity contribution in [2.75, 3.05) is 6.61 Å². The molecule has 3 heteroatoms. The second-order valence-corrected chi connectivity index (χ2v) is 3.46. The van der Waals surface area contributed by atoms with Crippen LogP contribution in [0.2, 0.25) is 0 Å². The van der Waals surface area contributed by atoms with Crippen LogP contribution in [-0.2, 0) is 4.84 Å². The summed E-state index contributed by atoms with van der Waals surface area (Å²) in [4.78, 5) is 4.99. The van der Waals surface area contributed by atoms with Gasteiger partial charge in [0.2, 0.25) is 0 Å². The van der Waals surface area contributed by atoms with Crippen LogP contribution in [-0.4, -0.2) is 6.61 Å². The van der Waals surface area contributed by atoms with E-state index < -0.39 is 0 Å². The smallest absolute Gasteiger partial charge is 0.0951 e. The van der Waals surface area contributed by atoms with Crippen molar-refractivity contribution in [1.29, 1.82) is 0 Å². The molecule has 0 bridgehead atoms. The van der Waals surface area contributed by atoms with Gasteiger partial charge in [0.25, 0.3) is 0 Å². The van der Waals surface area contributed by atoms with Crippen molar-refractivity contribution >= 4 is 21.6 Å². The molecule has 1 aliphatic rings. The summed E-state index contributed by atoms with van der Waals surface area (Å²) in [6.07, 6.45) is 2.02. The topological polar surface area (TPSA) is 21.3 Å².